The summed E-state index contributed by atoms with van der Waals surface area (Å²) in [4.78, 5) is 11.4. The van der Waals surface area contributed by atoms with E-state index in [0.717, 1.165) is 10.0 Å². The van der Waals surface area contributed by atoms with Gasteiger partial charge in [0.05, 0.1) is 18.3 Å². The molecule has 1 aromatic rings. The lowest BCUT2D eigenvalue weighted by atomic mass is 10.1. The van der Waals surface area contributed by atoms with Crippen molar-refractivity contribution in [1.29, 1.82) is 5.41 Å². The molecule has 0 aliphatic rings. The Bertz CT molecular complexity index is 406. The fourth-order valence-corrected chi connectivity index (χ4v) is 1.74. The molecule has 0 aromatic heterocycles. The fraction of sp³-hybridized carbons (Fsp3) is 0.273. The average Bonchev–Trinajstić information content (AvgIpc) is 2.16. The van der Waals surface area contributed by atoms with Crippen molar-refractivity contribution in [2.24, 2.45) is 5.73 Å². The Morgan fingerprint density at radius 2 is 2.31 bits per heavy atom. The maximum atomic E-state index is 11.4. The minimum absolute atomic E-state index is 0.0572. The summed E-state index contributed by atoms with van der Waals surface area (Å²) in [6, 6.07) is 7.62. The number of rotatable bonds is 4. The lowest BCUT2D eigenvalue weighted by Gasteiger charge is -2.14. The number of nitrogens with one attached hydrogen (secondary N) is 2. The molecule has 5 heteroatoms. The molecule has 0 heterocycles. The van der Waals surface area contributed by atoms with Gasteiger partial charge in [0.15, 0.2) is 0 Å². The predicted octanol–water partition coefficient (Wildman–Crippen LogP) is 1.95. The Labute approximate surface area is 103 Å². The normalized spacial score (nSPS) is 11.9. The van der Waals surface area contributed by atoms with Gasteiger partial charge in [-0.2, -0.15) is 0 Å². The number of amidine groups is 1. The Kier molecular flexibility index (Phi) is 4.49. The Balaban J connectivity index is 2.62. The third-order valence-electron chi connectivity index (χ3n) is 2.08. The molecule has 0 saturated heterocycles. The largest absolute Gasteiger partial charge is 0.387 e. The second-order valence-corrected chi connectivity index (χ2v) is 4.46. The maximum absolute atomic E-state index is 11.4. The Hall–Kier alpha value is -1.36. The van der Waals surface area contributed by atoms with Gasteiger partial charge in [0, 0.05) is 4.47 Å². The molecule has 86 valence electrons. The summed E-state index contributed by atoms with van der Waals surface area (Å²) >= 11 is 3.37. The first kappa shape index (κ1) is 12.7. The highest BCUT2D eigenvalue weighted by atomic mass is 79.9. The van der Waals surface area contributed by atoms with E-state index in [1.807, 2.05) is 31.2 Å². The molecule has 0 saturated carbocycles. The lowest BCUT2D eigenvalue weighted by Crippen LogP contribution is -2.30. The molecule has 0 unspecified atom stereocenters. The number of amides is 1. The highest BCUT2D eigenvalue weighted by Crippen LogP contribution is 2.17. The highest BCUT2D eigenvalue weighted by molar-refractivity contribution is 9.10. The van der Waals surface area contributed by atoms with Gasteiger partial charge < -0.3 is 11.1 Å². The molecular formula is C11H14BrN3O. The van der Waals surface area contributed by atoms with Crippen molar-refractivity contribution < 1.29 is 4.79 Å². The molecule has 0 aliphatic heterocycles. The summed E-state index contributed by atoms with van der Waals surface area (Å²) in [5.74, 6) is -0.362. The van der Waals surface area contributed by atoms with Crippen molar-refractivity contribution in [1.82, 2.24) is 5.32 Å². The lowest BCUT2D eigenvalue weighted by molar-refractivity contribution is -0.120. The van der Waals surface area contributed by atoms with Gasteiger partial charge in [-0.25, -0.2) is 0 Å². The van der Waals surface area contributed by atoms with Crippen LogP contribution >= 0.6 is 15.9 Å². The first-order valence-electron chi connectivity index (χ1n) is 4.86. The van der Waals surface area contributed by atoms with Crippen LogP contribution in [-0.2, 0) is 4.79 Å². The van der Waals surface area contributed by atoms with Gasteiger partial charge in [-0.15, -0.1) is 0 Å². The molecular weight excluding hydrogens is 270 g/mol. The number of nitrogens with two attached hydrogens (primary N) is 1. The second kappa shape index (κ2) is 5.65. The van der Waals surface area contributed by atoms with E-state index in [1.165, 1.54) is 0 Å². The first-order chi connectivity index (χ1) is 7.49. The van der Waals surface area contributed by atoms with Crippen LogP contribution in [0, 0.1) is 5.41 Å². The molecule has 0 fully saturated rings. The molecule has 1 atom stereocenters. The molecule has 0 radical (unpaired) electrons. The predicted molar refractivity (Wildman–Crippen MR) is 67.2 cm³/mol. The standard InChI is InChI=1S/C11H14BrN3O/c1-7(15-11(16)6-10(13)14)8-3-2-4-9(12)5-8/h2-5,7H,6H2,1H3,(H3,13,14)(H,15,16)/t7-/m0/s1. The van der Waals surface area contributed by atoms with Crippen LogP contribution in [0.25, 0.3) is 0 Å². The zero-order valence-electron chi connectivity index (χ0n) is 8.96. The molecule has 1 amide bonds. The molecule has 0 aliphatic carbocycles. The van der Waals surface area contributed by atoms with Crippen LogP contribution in [0.15, 0.2) is 28.7 Å². The monoisotopic (exact) mass is 283 g/mol. The first-order valence-corrected chi connectivity index (χ1v) is 5.66. The van der Waals surface area contributed by atoms with Crippen LogP contribution in [0.3, 0.4) is 0 Å². The summed E-state index contributed by atoms with van der Waals surface area (Å²) in [6.45, 7) is 1.89. The summed E-state index contributed by atoms with van der Waals surface area (Å²) < 4.78 is 0.970. The van der Waals surface area contributed by atoms with Gasteiger partial charge >= 0.3 is 0 Å². The maximum Gasteiger partial charge on any atom is 0.228 e. The average molecular weight is 284 g/mol. The van der Waals surface area contributed by atoms with Crippen LogP contribution in [0.4, 0.5) is 0 Å². The summed E-state index contributed by atoms with van der Waals surface area (Å²) in [5, 5.41) is 9.79. The van der Waals surface area contributed by atoms with Crippen LogP contribution in [0.5, 0.6) is 0 Å². The van der Waals surface area contributed by atoms with Crippen molar-refractivity contribution in [3.8, 4) is 0 Å². The van der Waals surface area contributed by atoms with E-state index in [4.69, 9.17) is 11.1 Å². The quantitative estimate of drug-likeness (QED) is 0.583. The van der Waals surface area contributed by atoms with Crippen LogP contribution in [-0.4, -0.2) is 11.7 Å². The van der Waals surface area contributed by atoms with Crippen molar-refractivity contribution in [2.75, 3.05) is 0 Å². The molecule has 0 bridgehead atoms. The van der Waals surface area contributed by atoms with Crippen molar-refractivity contribution in [3.63, 3.8) is 0 Å². The van der Waals surface area contributed by atoms with Gasteiger partial charge in [-0.1, -0.05) is 28.1 Å². The molecule has 1 aromatic carbocycles. The van der Waals surface area contributed by atoms with E-state index >= 15 is 0 Å². The van der Waals surface area contributed by atoms with E-state index < -0.39 is 0 Å². The number of benzene rings is 1. The van der Waals surface area contributed by atoms with E-state index in [2.05, 4.69) is 21.2 Å². The van der Waals surface area contributed by atoms with Crippen LogP contribution in [0.2, 0.25) is 0 Å². The molecule has 4 N–H and O–H groups in total. The number of hydrogen-bond donors (Lipinski definition) is 3. The van der Waals surface area contributed by atoms with Crippen molar-refractivity contribution in [3.05, 3.63) is 34.3 Å². The highest BCUT2D eigenvalue weighted by Gasteiger charge is 2.10. The second-order valence-electron chi connectivity index (χ2n) is 3.55. The van der Waals surface area contributed by atoms with Gasteiger partial charge in [-0.05, 0) is 24.6 Å². The number of halogens is 1. The summed E-state index contributed by atoms with van der Waals surface area (Å²) in [7, 11) is 0. The van der Waals surface area contributed by atoms with Crippen LogP contribution < -0.4 is 11.1 Å². The molecule has 4 nitrogen and oxygen atoms in total. The van der Waals surface area contributed by atoms with Gasteiger partial charge in [0.2, 0.25) is 5.91 Å². The number of hydrogen-bond acceptors (Lipinski definition) is 2. The topological polar surface area (TPSA) is 79.0 Å². The summed E-state index contributed by atoms with van der Waals surface area (Å²) in [5.41, 5.74) is 6.15. The fourth-order valence-electron chi connectivity index (χ4n) is 1.32. The van der Waals surface area contributed by atoms with Gasteiger partial charge in [0.25, 0.3) is 0 Å². The minimum atomic E-state index is -0.236. The Morgan fingerprint density at radius 3 is 2.88 bits per heavy atom. The van der Waals surface area contributed by atoms with Gasteiger partial charge in [-0.3, -0.25) is 10.2 Å². The zero-order chi connectivity index (χ0) is 12.1. The molecule has 0 spiro atoms. The third kappa shape index (κ3) is 4.02. The molecule has 16 heavy (non-hydrogen) atoms. The number of carbonyl (C=O) groups is 1. The third-order valence-corrected chi connectivity index (χ3v) is 2.57. The SMILES string of the molecule is C[C@H](NC(=O)CC(=N)N)c1cccc(Br)c1. The molecule has 1 rings (SSSR count). The van der Waals surface area contributed by atoms with Crippen molar-refractivity contribution >= 4 is 27.7 Å². The van der Waals surface area contributed by atoms with E-state index in [9.17, 15) is 4.79 Å². The smallest absolute Gasteiger partial charge is 0.228 e. The zero-order valence-corrected chi connectivity index (χ0v) is 10.5. The van der Waals surface area contributed by atoms with E-state index in [-0.39, 0.29) is 24.2 Å². The van der Waals surface area contributed by atoms with E-state index in [1.54, 1.807) is 0 Å². The van der Waals surface area contributed by atoms with Crippen LogP contribution in [0.1, 0.15) is 24.9 Å². The Morgan fingerprint density at radius 1 is 1.62 bits per heavy atom. The van der Waals surface area contributed by atoms with Crippen molar-refractivity contribution in [2.45, 2.75) is 19.4 Å². The van der Waals surface area contributed by atoms with Gasteiger partial charge in [0.1, 0.15) is 0 Å². The minimum Gasteiger partial charge on any atom is -0.387 e. The van der Waals surface area contributed by atoms with E-state index in [0.29, 0.717) is 0 Å². The number of carbonyl (C=O) groups excluding carboxylic acids is 1. The summed E-state index contributed by atoms with van der Waals surface area (Å²) in [6.07, 6.45) is -0.0572.